The maximum absolute atomic E-state index is 10.5. The van der Waals surface area contributed by atoms with Crippen LogP contribution in [-0.4, -0.2) is 5.91 Å². The molecule has 2 nitrogen and oxygen atoms in total. The van der Waals surface area contributed by atoms with Crippen LogP contribution in [0.5, 0.6) is 0 Å². The molecule has 1 saturated carbocycles. The highest BCUT2D eigenvalue weighted by Gasteiger charge is 2.34. The molecule has 90 valence electrons. The summed E-state index contributed by atoms with van der Waals surface area (Å²) in [5.74, 6) is 2.62. The van der Waals surface area contributed by atoms with Crippen LogP contribution in [0.2, 0.25) is 0 Å². The molecular formula is C14H23NO. The van der Waals surface area contributed by atoms with Crippen molar-refractivity contribution in [2.45, 2.75) is 51.4 Å². The van der Waals surface area contributed by atoms with Crippen LogP contribution in [0.4, 0.5) is 0 Å². The van der Waals surface area contributed by atoms with E-state index in [9.17, 15) is 4.79 Å². The second kappa shape index (κ2) is 5.51. The minimum Gasteiger partial charge on any atom is -0.370 e. The first-order valence-electron chi connectivity index (χ1n) is 6.72. The Morgan fingerprint density at radius 1 is 1.12 bits per heavy atom. The molecule has 0 aromatic heterocycles. The van der Waals surface area contributed by atoms with E-state index < -0.39 is 0 Å². The lowest BCUT2D eigenvalue weighted by Crippen LogP contribution is -2.09. The highest BCUT2D eigenvalue weighted by Crippen LogP contribution is 2.45. The van der Waals surface area contributed by atoms with E-state index in [1.807, 2.05) is 0 Å². The Balaban J connectivity index is 1.49. The molecule has 2 aliphatic carbocycles. The summed E-state index contributed by atoms with van der Waals surface area (Å²) in [5, 5.41) is 0. The third kappa shape index (κ3) is 3.10. The van der Waals surface area contributed by atoms with E-state index in [1.165, 1.54) is 38.5 Å². The first-order chi connectivity index (χ1) is 7.75. The van der Waals surface area contributed by atoms with Gasteiger partial charge >= 0.3 is 0 Å². The number of carbonyl (C=O) groups is 1. The fourth-order valence-corrected chi connectivity index (χ4v) is 3.29. The lowest BCUT2D eigenvalue weighted by molar-refractivity contribution is -0.118. The van der Waals surface area contributed by atoms with Crippen LogP contribution >= 0.6 is 0 Å². The van der Waals surface area contributed by atoms with Crippen LogP contribution in [0.1, 0.15) is 51.4 Å². The van der Waals surface area contributed by atoms with Gasteiger partial charge in [0.2, 0.25) is 5.91 Å². The number of allylic oxidation sites excluding steroid dienone is 2. The molecule has 0 radical (unpaired) electrons. The number of amides is 1. The van der Waals surface area contributed by atoms with Crippen molar-refractivity contribution >= 4 is 5.91 Å². The van der Waals surface area contributed by atoms with Gasteiger partial charge in [-0.1, -0.05) is 31.4 Å². The Morgan fingerprint density at radius 3 is 2.56 bits per heavy atom. The van der Waals surface area contributed by atoms with Crippen molar-refractivity contribution in [3.63, 3.8) is 0 Å². The van der Waals surface area contributed by atoms with Crippen molar-refractivity contribution in [2.24, 2.45) is 23.5 Å². The Kier molecular flexibility index (Phi) is 4.03. The molecule has 1 fully saturated rings. The Morgan fingerprint density at radius 2 is 1.94 bits per heavy atom. The van der Waals surface area contributed by atoms with E-state index in [4.69, 9.17) is 5.73 Å². The maximum Gasteiger partial charge on any atom is 0.217 e. The van der Waals surface area contributed by atoms with Crippen molar-refractivity contribution in [3.05, 3.63) is 12.2 Å². The van der Waals surface area contributed by atoms with Crippen LogP contribution in [-0.2, 0) is 4.79 Å². The largest absolute Gasteiger partial charge is 0.370 e. The fraction of sp³-hybridized carbons (Fsp3) is 0.786. The molecule has 3 atom stereocenters. The number of carbonyl (C=O) groups excluding carboxylic acids is 1. The summed E-state index contributed by atoms with van der Waals surface area (Å²) < 4.78 is 0. The first-order valence-corrected chi connectivity index (χ1v) is 6.72. The van der Waals surface area contributed by atoms with Crippen molar-refractivity contribution in [1.82, 2.24) is 0 Å². The quantitative estimate of drug-likeness (QED) is 0.521. The predicted octanol–water partition coefficient (Wildman–Crippen LogP) is 3.02. The van der Waals surface area contributed by atoms with Crippen LogP contribution in [0, 0.1) is 17.8 Å². The summed E-state index contributed by atoms with van der Waals surface area (Å²) in [5.41, 5.74) is 5.10. The predicted molar refractivity (Wildman–Crippen MR) is 65.7 cm³/mol. The molecule has 3 unspecified atom stereocenters. The van der Waals surface area contributed by atoms with Gasteiger partial charge in [0.25, 0.3) is 0 Å². The van der Waals surface area contributed by atoms with Crippen LogP contribution in [0.25, 0.3) is 0 Å². The number of primary amides is 1. The lowest BCUT2D eigenvalue weighted by Gasteiger charge is -2.17. The Hall–Kier alpha value is -0.790. The van der Waals surface area contributed by atoms with Crippen molar-refractivity contribution in [1.29, 1.82) is 0 Å². The van der Waals surface area contributed by atoms with Gasteiger partial charge in [-0.2, -0.15) is 0 Å². The number of nitrogens with two attached hydrogens (primary N) is 1. The van der Waals surface area contributed by atoms with E-state index in [1.54, 1.807) is 0 Å². The summed E-state index contributed by atoms with van der Waals surface area (Å²) in [4.78, 5) is 10.5. The van der Waals surface area contributed by atoms with E-state index in [0.717, 1.165) is 24.2 Å². The topological polar surface area (TPSA) is 43.1 Å². The third-order valence-electron chi connectivity index (χ3n) is 4.16. The zero-order valence-corrected chi connectivity index (χ0v) is 10.0. The Bertz CT molecular complexity index is 272. The lowest BCUT2D eigenvalue weighted by atomic mass is 9.88. The number of rotatable bonds is 7. The Labute approximate surface area is 98.3 Å². The SMILES string of the molecule is NC(=O)CCCCCCC1CC2C=CC1C2. The summed E-state index contributed by atoms with van der Waals surface area (Å²) in [6.07, 6.45) is 14.4. The van der Waals surface area contributed by atoms with Gasteiger partial charge in [-0.3, -0.25) is 4.79 Å². The minimum atomic E-state index is -0.154. The number of hydrogen-bond donors (Lipinski definition) is 1. The number of hydrogen-bond acceptors (Lipinski definition) is 1. The molecule has 0 aliphatic heterocycles. The molecule has 2 heteroatoms. The molecule has 0 saturated heterocycles. The standard InChI is InChI=1S/C14H23NO/c15-14(16)6-4-2-1-3-5-12-9-11-7-8-13(12)10-11/h7-8,11-13H,1-6,9-10H2,(H2,15,16). The summed E-state index contributed by atoms with van der Waals surface area (Å²) in [6.45, 7) is 0. The normalized spacial score (nSPS) is 31.1. The molecule has 0 aromatic rings. The first kappa shape index (κ1) is 11.7. The van der Waals surface area contributed by atoms with Gasteiger partial charge in [0.05, 0.1) is 0 Å². The van der Waals surface area contributed by atoms with Gasteiger partial charge in [-0.15, -0.1) is 0 Å². The fourth-order valence-electron chi connectivity index (χ4n) is 3.29. The monoisotopic (exact) mass is 221 g/mol. The summed E-state index contributed by atoms with van der Waals surface area (Å²) in [6, 6.07) is 0. The van der Waals surface area contributed by atoms with Gasteiger partial charge in [-0.25, -0.2) is 0 Å². The second-order valence-corrected chi connectivity index (χ2v) is 5.46. The van der Waals surface area contributed by atoms with Crippen LogP contribution in [0.3, 0.4) is 0 Å². The van der Waals surface area contributed by atoms with E-state index >= 15 is 0 Å². The summed E-state index contributed by atoms with van der Waals surface area (Å²) >= 11 is 0. The van der Waals surface area contributed by atoms with E-state index in [0.29, 0.717) is 6.42 Å². The van der Waals surface area contributed by atoms with Crippen molar-refractivity contribution in [3.8, 4) is 0 Å². The van der Waals surface area contributed by atoms with Gasteiger partial charge in [0.15, 0.2) is 0 Å². The molecule has 0 aromatic carbocycles. The smallest absolute Gasteiger partial charge is 0.217 e. The molecular weight excluding hydrogens is 198 g/mol. The molecule has 16 heavy (non-hydrogen) atoms. The zero-order chi connectivity index (χ0) is 11.4. The van der Waals surface area contributed by atoms with Gasteiger partial charge in [0.1, 0.15) is 0 Å². The van der Waals surface area contributed by atoms with Gasteiger partial charge in [-0.05, 0) is 43.4 Å². The molecule has 2 N–H and O–H groups in total. The van der Waals surface area contributed by atoms with Crippen LogP contribution in [0.15, 0.2) is 12.2 Å². The molecule has 0 heterocycles. The van der Waals surface area contributed by atoms with Crippen molar-refractivity contribution in [2.75, 3.05) is 0 Å². The average Bonchev–Trinajstić information content (AvgIpc) is 2.84. The van der Waals surface area contributed by atoms with E-state index in [2.05, 4.69) is 12.2 Å². The van der Waals surface area contributed by atoms with E-state index in [-0.39, 0.29) is 5.91 Å². The highest BCUT2D eigenvalue weighted by atomic mass is 16.1. The molecule has 2 rings (SSSR count). The highest BCUT2D eigenvalue weighted by molar-refractivity contribution is 5.73. The molecule has 0 spiro atoms. The zero-order valence-electron chi connectivity index (χ0n) is 10.0. The minimum absolute atomic E-state index is 0.154. The number of unbranched alkanes of at least 4 members (excludes halogenated alkanes) is 3. The molecule has 2 aliphatic rings. The third-order valence-corrected chi connectivity index (χ3v) is 4.16. The van der Waals surface area contributed by atoms with Crippen molar-refractivity contribution < 1.29 is 4.79 Å². The summed E-state index contributed by atoms with van der Waals surface area (Å²) in [7, 11) is 0. The molecule has 1 amide bonds. The van der Waals surface area contributed by atoms with Gasteiger partial charge < -0.3 is 5.73 Å². The average molecular weight is 221 g/mol. The molecule has 2 bridgehead atoms. The van der Waals surface area contributed by atoms with Gasteiger partial charge in [0, 0.05) is 6.42 Å². The maximum atomic E-state index is 10.5. The second-order valence-electron chi connectivity index (χ2n) is 5.46. The van der Waals surface area contributed by atoms with Crippen LogP contribution < -0.4 is 5.73 Å². The number of fused-ring (bicyclic) bond motifs is 2.